The van der Waals surface area contributed by atoms with E-state index in [4.69, 9.17) is 10.5 Å². The van der Waals surface area contributed by atoms with Crippen molar-refractivity contribution >= 4 is 21.9 Å². The average molecular weight is 352 g/mol. The number of nitrogens with zero attached hydrogens (tertiary/aromatic N) is 1. The van der Waals surface area contributed by atoms with Crippen molar-refractivity contribution in [2.24, 2.45) is 10.7 Å². The summed E-state index contributed by atoms with van der Waals surface area (Å²) in [5.74, 6) is 0.531. The summed E-state index contributed by atoms with van der Waals surface area (Å²) in [4.78, 5) is 4.54. The quantitative estimate of drug-likeness (QED) is 0.633. The largest absolute Gasteiger partial charge is 0.376 e. The first kappa shape index (κ1) is 14.9. The Hall–Kier alpha value is -1.07. The van der Waals surface area contributed by atoms with Gasteiger partial charge in [0.15, 0.2) is 5.96 Å². The molecule has 1 aromatic carbocycles. The fourth-order valence-corrected chi connectivity index (χ4v) is 3.58. The molecule has 0 aromatic heterocycles. The molecule has 1 unspecified atom stereocenters. The Kier molecular flexibility index (Phi) is 4.50. The van der Waals surface area contributed by atoms with Gasteiger partial charge in [0.1, 0.15) is 0 Å². The molecular weight excluding hydrogens is 330 g/mol. The standard InChI is InChI=1S/C16H22BrN3O/c17-14-6-2-1-5-13(14)16(7-8-16)11-20-15(18)19-10-12-4-3-9-21-12/h1-2,5-6,12H,3-4,7-11H2,(H3,18,19,20). The van der Waals surface area contributed by atoms with Crippen LogP contribution in [0, 0.1) is 0 Å². The Balaban J connectivity index is 1.56. The Morgan fingerprint density at radius 1 is 1.43 bits per heavy atom. The lowest BCUT2D eigenvalue weighted by Crippen LogP contribution is -2.37. The Bertz CT molecular complexity index is 522. The summed E-state index contributed by atoms with van der Waals surface area (Å²) >= 11 is 3.64. The molecule has 1 aliphatic carbocycles. The van der Waals surface area contributed by atoms with Crippen molar-refractivity contribution in [2.45, 2.75) is 37.2 Å². The van der Waals surface area contributed by atoms with Gasteiger partial charge in [-0.25, -0.2) is 0 Å². The highest BCUT2D eigenvalue weighted by Gasteiger charge is 2.45. The molecule has 21 heavy (non-hydrogen) atoms. The molecule has 3 rings (SSSR count). The van der Waals surface area contributed by atoms with Gasteiger partial charge in [0.05, 0.1) is 12.6 Å². The van der Waals surface area contributed by atoms with Crippen LogP contribution < -0.4 is 11.1 Å². The number of hydrogen-bond acceptors (Lipinski definition) is 2. The van der Waals surface area contributed by atoms with E-state index in [2.05, 4.69) is 44.4 Å². The second kappa shape index (κ2) is 6.36. The predicted octanol–water partition coefficient (Wildman–Crippen LogP) is 2.56. The van der Waals surface area contributed by atoms with Crippen molar-refractivity contribution in [3.8, 4) is 0 Å². The zero-order valence-corrected chi connectivity index (χ0v) is 13.7. The number of ether oxygens (including phenoxy) is 1. The molecule has 1 saturated carbocycles. The molecule has 1 aromatic rings. The fraction of sp³-hybridized carbons (Fsp3) is 0.562. The van der Waals surface area contributed by atoms with E-state index >= 15 is 0 Å². The van der Waals surface area contributed by atoms with Crippen LogP contribution in [0.2, 0.25) is 0 Å². The number of rotatable bonds is 5. The maximum absolute atomic E-state index is 5.97. The van der Waals surface area contributed by atoms with E-state index in [0.29, 0.717) is 5.96 Å². The number of aliphatic imine (C=N–C) groups is 1. The minimum absolute atomic E-state index is 0.177. The number of halogens is 1. The number of hydrogen-bond donors (Lipinski definition) is 2. The summed E-state index contributed by atoms with van der Waals surface area (Å²) in [7, 11) is 0. The molecule has 1 heterocycles. The normalized spacial score (nSPS) is 24.0. The van der Waals surface area contributed by atoms with Crippen LogP contribution in [-0.2, 0) is 10.2 Å². The lowest BCUT2D eigenvalue weighted by molar-refractivity contribution is 0.114. The van der Waals surface area contributed by atoms with E-state index in [-0.39, 0.29) is 11.5 Å². The van der Waals surface area contributed by atoms with E-state index in [1.807, 2.05) is 6.07 Å². The lowest BCUT2D eigenvalue weighted by atomic mass is 9.96. The highest BCUT2D eigenvalue weighted by atomic mass is 79.9. The first-order valence-corrected chi connectivity index (χ1v) is 8.39. The van der Waals surface area contributed by atoms with Crippen LogP contribution >= 0.6 is 15.9 Å². The summed E-state index contributed by atoms with van der Waals surface area (Å²) < 4.78 is 6.74. The molecule has 1 aliphatic heterocycles. The van der Waals surface area contributed by atoms with Crippen LogP contribution in [0.25, 0.3) is 0 Å². The third kappa shape index (κ3) is 3.58. The van der Waals surface area contributed by atoms with Gasteiger partial charge in [-0.3, -0.25) is 4.99 Å². The summed E-state index contributed by atoms with van der Waals surface area (Å²) in [6, 6.07) is 8.41. The van der Waals surface area contributed by atoms with Gasteiger partial charge in [-0.15, -0.1) is 0 Å². The molecular formula is C16H22BrN3O. The molecule has 2 fully saturated rings. The van der Waals surface area contributed by atoms with Gasteiger partial charge < -0.3 is 15.8 Å². The van der Waals surface area contributed by atoms with Crippen molar-refractivity contribution in [3.63, 3.8) is 0 Å². The molecule has 0 amide bonds. The van der Waals surface area contributed by atoms with Crippen molar-refractivity contribution in [1.82, 2.24) is 5.32 Å². The van der Waals surface area contributed by atoms with E-state index in [1.165, 1.54) is 22.9 Å². The second-order valence-electron chi connectivity index (χ2n) is 5.98. The summed E-state index contributed by atoms with van der Waals surface area (Å²) in [5.41, 5.74) is 7.50. The third-order valence-corrected chi connectivity index (χ3v) is 5.08. The Morgan fingerprint density at radius 3 is 2.90 bits per heavy atom. The van der Waals surface area contributed by atoms with Gasteiger partial charge in [-0.1, -0.05) is 34.1 Å². The minimum Gasteiger partial charge on any atom is -0.376 e. The van der Waals surface area contributed by atoms with Crippen LogP contribution in [0.3, 0.4) is 0 Å². The van der Waals surface area contributed by atoms with Crippen molar-refractivity contribution in [1.29, 1.82) is 0 Å². The Morgan fingerprint density at radius 2 is 2.24 bits per heavy atom. The van der Waals surface area contributed by atoms with Gasteiger partial charge in [-0.05, 0) is 37.3 Å². The molecule has 114 valence electrons. The van der Waals surface area contributed by atoms with Gasteiger partial charge in [-0.2, -0.15) is 0 Å². The van der Waals surface area contributed by atoms with E-state index in [0.717, 1.165) is 32.5 Å². The molecule has 3 N–H and O–H groups in total. The summed E-state index contributed by atoms with van der Waals surface area (Å²) in [6.45, 7) is 2.38. The van der Waals surface area contributed by atoms with Gasteiger partial charge >= 0.3 is 0 Å². The van der Waals surface area contributed by atoms with Crippen molar-refractivity contribution in [2.75, 3.05) is 19.7 Å². The Labute approximate surface area is 134 Å². The van der Waals surface area contributed by atoms with Gasteiger partial charge in [0.2, 0.25) is 0 Å². The average Bonchev–Trinajstić information content (AvgIpc) is 3.09. The number of nitrogens with one attached hydrogen (secondary N) is 1. The molecule has 1 saturated heterocycles. The van der Waals surface area contributed by atoms with Crippen LogP contribution in [0.1, 0.15) is 31.2 Å². The van der Waals surface area contributed by atoms with Crippen LogP contribution in [0.15, 0.2) is 33.7 Å². The molecule has 0 spiro atoms. The van der Waals surface area contributed by atoms with Gasteiger partial charge in [0.25, 0.3) is 0 Å². The zero-order chi connectivity index (χ0) is 14.7. The molecule has 1 atom stereocenters. The minimum atomic E-state index is 0.177. The van der Waals surface area contributed by atoms with E-state index in [9.17, 15) is 0 Å². The fourth-order valence-electron chi connectivity index (χ4n) is 2.87. The number of nitrogens with two attached hydrogens (primary N) is 1. The first-order valence-electron chi connectivity index (χ1n) is 7.60. The SMILES string of the molecule is NC(=NCC1(c2ccccc2Br)CC1)NCC1CCCO1. The van der Waals surface area contributed by atoms with Crippen LogP contribution in [0.5, 0.6) is 0 Å². The summed E-state index contributed by atoms with van der Waals surface area (Å²) in [6.07, 6.45) is 4.91. The molecule has 5 heteroatoms. The van der Waals surface area contributed by atoms with Crippen LogP contribution in [-0.4, -0.2) is 31.8 Å². The summed E-state index contributed by atoms with van der Waals surface area (Å²) in [5, 5.41) is 3.18. The lowest BCUT2D eigenvalue weighted by Gasteiger charge is -2.16. The van der Waals surface area contributed by atoms with Crippen molar-refractivity contribution in [3.05, 3.63) is 34.3 Å². The monoisotopic (exact) mass is 351 g/mol. The molecule has 0 radical (unpaired) electrons. The van der Waals surface area contributed by atoms with Gasteiger partial charge in [0, 0.05) is 23.0 Å². The first-order chi connectivity index (χ1) is 10.2. The third-order valence-electron chi connectivity index (χ3n) is 4.39. The van der Waals surface area contributed by atoms with E-state index < -0.39 is 0 Å². The maximum atomic E-state index is 5.97. The predicted molar refractivity (Wildman–Crippen MR) is 88.5 cm³/mol. The topological polar surface area (TPSA) is 59.6 Å². The highest BCUT2D eigenvalue weighted by Crippen LogP contribution is 2.50. The highest BCUT2D eigenvalue weighted by molar-refractivity contribution is 9.10. The van der Waals surface area contributed by atoms with E-state index in [1.54, 1.807) is 0 Å². The molecule has 4 nitrogen and oxygen atoms in total. The second-order valence-corrected chi connectivity index (χ2v) is 6.83. The molecule has 0 bridgehead atoms. The smallest absolute Gasteiger partial charge is 0.188 e. The maximum Gasteiger partial charge on any atom is 0.188 e. The molecule has 2 aliphatic rings. The number of benzene rings is 1. The van der Waals surface area contributed by atoms with Crippen LogP contribution in [0.4, 0.5) is 0 Å². The van der Waals surface area contributed by atoms with Crippen molar-refractivity contribution < 1.29 is 4.74 Å². The number of guanidine groups is 1. The zero-order valence-electron chi connectivity index (χ0n) is 12.1.